The van der Waals surface area contributed by atoms with Crippen molar-refractivity contribution in [1.82, 2.24) is 10.3 Å². The Kier molecular flexibility index (Phi) is 4.54. The molecule has 112 valence electrons. The second-order valence-corrected chi connectivity index (χ2v) is 4.84. The van der Waals surface area contributed by atoms with Crippen molar-refractivity contribution in [2.75, 3.05) is 6.54 Å². The molecule has 1 atom stereocenters. The smallest absolute Gasteiger partial charge is 0.270 e. The fraction of sp³-hybridized carbons (Fsp3) is 0.357. The minimum Gasteiger partial charge on any atom is -0.391 e. The summed E-state index contributed by atoms with van der Waals surface area (Å²) < 4.78 is 0. The fourth-order valence-electron chi connectivity index (χ4n) is 2.15. The topological polar surface area (TPSA) is 108 Å². The number of carbonyl (C=O) groups excluding carboxylic acids is 1. The molecule has 0 fully saturated rings. The number of aliphatic hydroxyl groups is 1. The van der Waals surface area contributed by atoms with Crippen molar-refractivity contribution >= 4 is 22.5 Å². The largest absolute Gasteiger partial charge is 0.391 e. The molecule has 1 amide bonds. The molecule has 0 saturated carbocycles. The zero-order valence-corrected chi connectivity index (χ0v) is 11.6. The lowest BCUT2D eigenvalue weighted by atomic mass is 10.1. The van der Waals surface area contributed by atoms with E-state index in [0.29, 0.717) is 22.9 Å². The molecule has 0 aliphatic rings. The first-order valence-corrected chi connectivity index (χ1v) is 6.74. The highest BCUT2D eigenvalue weighted by Crippen LogP contribution is 2.23. The molecule has 1 heterocycles. The van der Waals surface area contributed by atoms with Crippen LogP contribution in [0.3, 0.4) is 0 Å². The molecular weight excluding hydrogens is 274 g/mol. The Balaban J connectivity index is 2.19. The zero-order valence-electron chi connectivity index (χ0n) is 11.6. The van der Waals surface area contributed by atoms with E-state index in [1.54, 1.807) is 6.07 Å². The summed E-state index contributed by atoms with van der Waals surface area (Å²) in [4.78, 5) is 25.3. The summed E-state index contributed by atoms with van der Waals surface area (Å²) in [6, 6.07) is 4.31. The van der Waals surface area contributed by atoms with E-state index in [-0.39, 0.29) is 18.1 Å². The van der Waals surface area contributed by atoms with E-state index in [0.717, 1.165) is 6.42 Å². The summed E-state index contributed by atoms with van der Waals surface area (Å²) in [6.45, 7) is 2.11. The number of rotatable bonds is 6. The second kappa shape index (κ2) is 6.36. The van der Waals surface area contributed by atoms with Gasteiger partial charge in [-0.3, -0.25) is 14.9 Å². The Labute approximate surface area is 121 Å². The van der Waals surface area contributed by atoms with Gasteiger partial charge in [0, 0.05) is 35.8 Å². The molecule has 0 aliphatic carbocycles. The van der Waals surface area contributed by atoms with Crippen molar-refractivity contribution in [2.45, 2.75) is 25.9 Å². The van der Waals surface area contributed by atoms with Gasteiger partial charge in [-0.25, -0.2) is 0 Å². The number of nitro benzene ring substituents is 1. The van der Waals surface area contributed by atoms with Crippen LogP contribution < -0.4 is 5.32 Å². The van der Waals surface area contributed by atoms with Crippen LogP contribution in [0.2, 0.25) is 0 Å². The van der Waals surface area contributed by atoms with E-state index >= 15 is 0 Å². The molecule has 2 aromatic rings. The number of nitro groups is 1. The van der Waals surface area contributed by atoms with Gasteiger partial charge in [-0.1, -0.05) is 13.3 Å². The molecule has 0 radical (unpaired) electrons. The van der Waals surface area contributed by atoms with Crippen LogP contribution in [0, 0.1) is 10.1 Å². The van der Waals surface area contributed by atoms with Crippen LogP contribution in [0.4, 0.5) is 5.69 Å². The summed E-state index contributed by atoms with van der Waals surface area (Å²) in [5, 5.41) is 23.5. The van der Waals surface area contributed by atoms with Gasteiger partial charge >= 0.3 is 0 Å². The van der Waals surface area contributed by atoms with E-state index in [9.17, 15) is 20.0 Å². The molecule has 7 nitrogen and oxygen atoms in total. The second-order valence-electron chi connectivity index (χ2n) is 4.84. The monoisotopic (exact) mass is 291 g/mol. The number of hydrogen-bond donors (Lipinski definition) is 3. The quantitative estimate of drug-likeness (QED) is 0.558. The highest BCUT2D eigenvalue weighted by Gasteiger charge is 2.16. The van der Waals surface area contributed by atoms with Gasteiger partial charge < -0.3 is 15.4 Å². The van der Waals surface area contributed by atoms with Gasteiger partial charge in [-0.05, 0) is 12.5 Å². The van der Waals surface area contributed by atoms with Gasteiger partial charge in [0.1, 0.15) is 0 Å². The number of nitrogens with one attached hydrogen (secondary N) is 2. The molecule has 0 spiro atoms. The summed E-state index contributed by atoms with van der Waals surface area (Å²) in [5.41, 5.74) is 0.916. The number of nitrogens with zero attached hydrogens (tertiary/aromatic N) is 1. The number of non-ortho nitro benzene ring substituents is 1. The maximum Gasteiger partial charge on any atom is 0.270 e. The Morgan fingerprint density at radius 1 is 1.52 bits per heavy atom. The van der Waals surface area contributed by atoms with Crippen molar-refractivity contribution in [2.24, 2.45) is 0 Å². The van der Waals surface area contributed by atoms with Crippen molar-refractivity contribution < 1.29 is 14.8 Å². The lowest BCUT2D eigenvalue weighted by Crippen LogP contribution is -2.31. The number of aromatic amines is 1. The number of amides is 1. The maximum atomic E-state index is 12.1. The molecule has 0 bridgehead atoms. The number of carbonyl (C=O) groups is 1. The summed E-state index contributed by atoms with van der Waals surface area (Å²) in [5.74, 6) is -0.364. The van der Waals surface area contributed by atoms with E-state index in [4.69, 9.17) is 0 Å². The third-order valence-corrected chi connectivity index (χ3v) is 3.24. The van der Waals surface area contributed by atoms with Gasteiger partial charge in [0.05, 0.1) is 16.6 Å². The number of aliphatic hydroxyl groups excluding tert-OH is 1. The number of aromatic nitrogens is 1. The van der Waals surface area contributed by atoms with Crippen LogP contribution in [-0.4, -0.2) is 33.6 Å². The van der Waals surface area contributed by atoms with Crippen LogP contribution in [-0.2, 0) is 0 Å². The average molecular weight is 291 g/mol. The van der Waals surface area contributed by atoms with Gasteiger partial charge in [-0.2, -0.15) is 0 Å². The first-order chi connectivity index (χ1) is 10.0. The van der Waals surface area contributed by atoms with Crippen LogP contribution in [0.5, 0.6) is 0 Å². The van der Waals surface area contributed by atoms with Gasteiger partial charge in [0.15, 0.2) is 0 Å². The van der Waals surface area contributed by atoms with E-state index in [1.165, 1.54) is 18.3 Å². The minimum atomic E-state index is -0.585. The standard InChI is InChI=1S/C14H17N3O4/c1-2-3-10(18)7-16-14(19)12-8-15-13-5-4-9(17(20)21)6-11(12)13/h4-6,8,10,15,18H,2-3,7H2,1H3,(H,16,19). The third-order valence-electron chi connectivity index (χ3n) is 3.24. The molecule has 1 aromatic heterocycles. The number of benzene rings is 1. The van der Waals surface area contributed by atoms with Gasteiger partial charge in [-0.15, -0.1) is 0 Å². The van der Waals surface area contributed by atoms with Crippen LogP contribution in [0.25, 0.3) is 10.9 Å². The summed E-state index contributed by atoms with van der Waals surface area (Å²) in [6.07, 6.45) is 2.37. The normalized spacial score (nSPS) is 12.3. The minimum absolute atomic E-state index is 0.0674. The summed E-state index contributed by atoms with van der Waals surface area (Å²) in [7, 11) is 0. The van der Waals surface area contributed by atoms with Crippen molar-refractivity contribution in [3.63, 3.8) is 0 Å². The molecule has 1 unspecified atom stereocenters. The Morgan fingerprint density at radius 3 is 2.95 bits per heavy atom. The van der Waals surface area contributed by atoms with Gasteiger partial charge in [0.25, 0.3) is 11.6 Å². The Hall–Kier alpha value is -2.41. The Morgan fingerprint density at radius 2 is 2.29 bits per heavy atom. The van der Waals surface area contributed by atoms with Crippen LogP contribution >= 0.6 is 0 Å². The van der Waals surface area contributed by atoms with Crippen LogP contribution in [0.1, 0.15) is 30.1 Å². The predicted octanol–water partition coefficient (Wildman–Crippen LogP) is 1.97. The average Bonchev–Trinajstić information content (AvgIpc) is 2.88. The first-order valence-electron chi connectivity index (χ1n) is 6.74. The van der Waals surface area contributed by atoms with E-state index in [1.807, 2.05) is 6.92 Å². The Bertz CT molecular complexity index is 665. The number of fused-ring (bicyclic) bond motifs is 1. The molecule has 1 aromatic carbocycles. The van der Waals surface area contributed by atoms with Gasteiger partial charge in [0.2, 0.25) is 0 Å². The number of H-pyrrole nitrogens is 1. The SMILES string of the molecule is CCCC(O)CNC(=O)c1c[nH]c2ccc([N+](=O)[O-])cc12. The first kappa shape index (κ1) is 15.0. The molecule has 21 heavy (non-hydrogen) atoms. The van der Waals surface area contributed by atoms with Crippen molar-refractivity contribution in [3.05, 3.63) is 40.1 Å². The number of hydrogen-bond acceptors (Lipinski definition) is 4. The molecule has 2 rings (SSSR count). The van der Waals surface area contributed by atoms with E-state index in [2.05, 4.69) is 10.3 Å². The van der Waals surface area contributed by atoms with Crippen molar-refractivity contribution in [1.29, 1.82) is 0 Å². The highest BCUT2D eigenvalue weighted by atomic mass is 16.6. The molecule has 0 aliphatic heterocycles. The van der Waals surface area contributed by atoms with Crippen LogP contribution in [0.15, 0.2) is 24.4 Å². The lowest BCUT2D eigenvalue weighted by Gasteiger charge is -2.10. The molecule has 0 saturated heterocycles. The molecule has 7 heteroatoms. The molecule has 3 N–H and O–H groups in total. The third kappa shape index (κ3) is 3.38. The van der Waals surface area contributed by atoms with E-state index < -0.39 is 11.0 Å². The molecular formula is C14H17N3O4. The lowest BCUT2D eigenvalue weighted by molar-refractivity contribution is -0.384. The van der Waals surface area contributed by atoms with Crippen molar-refractivity contribution in [3.8, 4) is 0 Å². The highest BCUT2D eigenvalue weighted by molar-refractivity contribution is 6.07. The summed E-state index contributed by atoms with van der Waals surface area (Å²) >= 11 is 0. The maximum absolute atomic E-state index is 12.1. The zero-order chi connectivity index (χ0) is 15.4. The fourth-order valence-corrected chi connectivity index (χ4v) is 2.15. The predicted molar refractivity (Wildman–Crippen MR) is 78.2 cm³/mol.